The van der Waals surface area contributed by atoms with Crippen molar-refractivity contribution in [1.82, 2.24) is 0 Å². The van der Waals surface area contributed by atoms with Crippen LogP contribution in [0.5, 0.6) is 17.2 Å². The van der Waals surface area contributed by atoms with Crippen molar-refractivity contribution in [2.45, 2.75) is 26.0 Å². The summed E-state index contributed by atoms with van der Waals surface area (Å²) in [5.41, 5.74) is 0.414. The van der Waals surface area contributed by atoms with Crippen LogP contribution < -0.4 is 14.4 Å². The van der Waals surface area contributed by atoms with E-state index in [-0.39, 0.29) is 55.8 Å². The number of aliphatic hydroxyl groups is 1. The Balaban J connectivity index is 1.97. The average Bonchev–Trinajstić information content (AvgIpc) is 3.18. The van der Waals surface area contributed by atoms with Gasteiger partial charge in [0.25, 0.3) is 11.7 Å². The number of esters is 1. The lowest BCUT2D eigenvalue weighted by atomic mass is 9.94. The number of phenols is 1. The standard InChI is InChI=1S/C29H25Cl2NO8/c1-14(2)40-29(37)16-6-5-7-17(12-16)32-23(15-8-10-18(33)11-9-15)21(25(35)28(32)36)24(34)19-13-20(30)27(39-4)22(31)26(19)38-3/h5-14,23,33-34H,1-4H3/b24-21+. The summed E-state index contributed by atoms with van der Waals surface area (Å²) in [5, 5.41) is 21.4. The van der Waals surface area contributed by atoms with Gasteiger partial charge in [0.2, 0.25) is 0 Å². The van der Waals surface area contributed by atoms with E-state index in [1.807, 2.05) is 0 Å². The normalized spacial score (nSPS) is 16.4. The molecule has 1 amide bonds. The van der Waals surface area contributed by atoms with E-state index in [0.29, 0.717) is 5.56 Å². The van der Waals surface area contributed by atoms with Crippen LogP contribution in [0.25, 0.3) is 5.76 Å². The zero-order valence-corrected chi connectivity index (χ0v) is 23.4. The molecule has 40 heavy (non-hydrogen) atoms. The van der Waals surface area contributed by atoms with Crippen molar-refractivity contribution in [2.24, 2.45) is 0 Å². The number of aromatic hydroxyl groups is 1. The van der Waals surface area contributed by atoms with Gasteiger partial charge in [-0.15, -0.1) is 0 Å². The molecule has 1 fully saturated rings. The highest BCUT2D eigenvalue weighted by Gasteiger charge is 2.47. The SMILES string of the molecule is COc1c(Cl)cc(/C(O)=C2\C(=O)C(=O)N(c3cccc(C(=O)OC(C)C)c3)C2c2ccc(O)cc2)c(OC)c1Cl. The van der Waals surface area contributed by atoms with Crippen LogP contribution in [0.2, 0.25) is 10.0 Å². The van der Waals surface area contributed by atoms with Crippen LogP contribution in [-0.4, -0.2) is 48.2 Å². The van der Waals surface area contributed by atoms with Gasteiger partial charge in [-0.1, -0.05) is 41.4 Å². The molecule has 1 atom stereocenters. The third-order valence-electron chi connectivity index (χ3n) is 6.15. The van der Waals surface area contributed by atoms with Gasteiger partial charge in [0.15, 0.2) is 11.5 Å². The summed E-state index contributed by atoms with van der Waals surface area (Å²) in [5.74, 6) is -3.16. The molecule has 208 valence electrons. The molecule has 11 heteroatoms. The van der Waals surface area contributed by atoms with Gasteiger partial charge in [-0.2, -0.15) is 0 Å². The number of benzene rings is 3. The van der Waals surface area contributed by atoms with E-state index in [1.54, 1.807) is 26.0 Å². The van der Waals surface area contributed by atoms with Crippen LogP contribution >= 0.6 is 23.2 Å². The van der Waals surface area contributed by atoms with Gasteiger partial charge in [-0.25, -0.2) is 4.79 Å². The lowest BCUT2D eigenvalue weighted by Gasteiger charge is -2.26. The van der Waals surface area contributed by atoms with Crippen molar-refractivity contribution >= 4 is 52.3 Å². The van der Waals surface area contributed by atoms with Crippen molar-refractivity contribution in [3.63, 3.8) is 0 Å². The third kappa shape index (κ3) is 5.17. The van der Waals surface area contributed by atoms with Gasteiger partial charge in [-0.3, -0.25) is 14.5 Å². The van der Waals surface area contributed by atoms with E-state index in [2.05, 4.69) is 0 Å². The Hall–Kier alpha value is -4.21. The molecule has 9 nitrogen and oxygen atoms in total. The number of carbonyl (C=O) groups is 3. The van der Waals surface area contributed by atoms with Gasteiger partial charge >= 0.3 is 5.97 Å². The Bertz CT molecular complexity index is 1530. The zero-order chi connectivity index (χ0) is 29.3. The average molecular weight is 586 g/mol. The molecule has 1 aliphatic heterocycles. The topological polar surface area (TPSA) is 123 Å². The summed E-state index contributed by atoms with van der Waals surface area (Å²) in [6.07, 6.45) is -0.375. The highest BCUT2D eigenvalue weighted by Crippen LogP contribution is 2.48. The van der Waals surface area contributed by atoms with Crippen LogP contribution in [-0.2, 0) is 14.3 Å². The van der Waals surface area contributed by atoms with Crippen LogP contribution in [0, 0.1) is 0 Å². The number of phenolic OH excluding ortho intramolecular Hbond substituents is 1. The molecule has 3 aromatic carbocycles. The minimum atomic E-state index is -1.17. The van der Waals surface area contributed by atoms with Gasteiger partial charge < -0.3 is 24.4 Å². The van der Waals surface area contributed by atoms with Gasteiger partial charge in [0.1, 0.15) is 16.5 Å². The molecular formula is C29H25Cl2NO8. The molecule has 1 unspecified atom stereocenters. The van der Waals surface area contributed by atoms with E-state index in [9.17, 15) is 24.6 Å². The second-order valence-electron chi connectivity index (χ2n) is 9.05. The van der Waals surface area contributed by atoms with Gasteiger partial charge in [0.05, 0.1) is 48.1 Å². The Morgan fingerprint density at radius 3 is 2.23 bits per heavy atom. The summed E-state index contributed by atoms with van der Waals surface area (Å²) in [6, 6.07) is 12.0. The third-order valence-corrected chi connectivity index (χ3v) is 6.77. The predicted octanol–water partition coefficient (Wildman–Crippen LogP) is 5.91. The van der Waals surface area contributed by atoms with Crippen LogP contribution in [0.3, 0.4) is 0 Å². The number of carbonyl (C=O) groups excluding carboxylic acids is 3. The van der Waals surface area contributed by atoms with Crippen molar-refractivity contribution in [3.05, 3.63) is 86.9 Å². The first-order valence-corrected chi connectivity index (χ1v) is 12.8. The maximum absolute atomic E-state index is 13.5. The lowest BCUT2D eigenvalue weighted by Crippen LogP contribution is -2.29. The molecule has 3 aromatic rings. The van der Waals surface area contributed by atoms with Crippen molar-refractivity contribution < 1.29 is 38.8 Å². The minimum absolute atomic E-state index is 0.0293. The van der Waals surface area contributed by atoms with E-state index >= 15 is 0 Å². The van der Waals surface area contributed by atoms with Gasteiger partial charge in [0, 0.05) is 5.69 Å². The van der Waals surface area contributed by atoms with Crippen molar-refractivity contribution in [3.8, 4) is 17.2 Å². The molecule has 1 saturated heterocycles. The fraction of sp³-hybridized carbons (Fsp3) is 0.207. The number of methoxy groups -OCH3 is 2. The summed E-state index contributed by atoms with van der Waals surface area (Å²) in [4.78, 5) is 40.8. The number of ketones is 1. The number of amides is 1. The number of hydrogen-bond donors (Lipinski definition) is 2. The maximum atomic E-state index is 13.5. The van der Waals surface area contributed by atoms with E-state index in [4.69, 9.17) is 37.4 Å². The van der Waals surface area contributed by atoms with Crippen molar-refractivity contribution in [1.29, 1.82) is 0 Å². The number of anilines is 1. The Kier molecular flexibility index (Phi) is 8.27. The zero-order valence-electron chi connectivity index (χ0n) is 21.9. The highest BCUT2D eigenvalue weighted by atomic mass is 35.5. The molecule has 0 saturated carbocycles. The smallest absolute Gasteiger partial charge is 0.338 e. The minimum Gasteiger partial charge on any atom is -0.508 e. The molecule has 4 rings (SSSR count). The number of aliphatic hydroxyl groups excluding tert-OH is 1. The summed E-state index contributed by atoms with van der Waals surface area (Å²) in [7, 11) is 2.66. The van der Waals surface area contributed by atoms with Crippen LogP contribution in [0.4, 0.5) is 5.69 Å². The molecule has 0 spiro atoms. The largest absolute Gasteiger partial charge is 0.508 e. The number of hydrogen-bond acceptors (Lipinski definition) is 8. The summed E-state index contributed by atoms with van der Waals surface area (Å²) >= 11 is 12.7. The lowest BCUT2D eigenvalue weighted by molar-refractivity contribution is -0.132. The second kappa shape index (κ2) is 11.5. The molecule has 0 aliphatic carbocycles. The molecule has 0 radical (unpaired) electrons. The quantitative estimate of drug-likeness (QED) is 0.152. The van der Waals surface area contributed by atoms with Crippen LogP contribution in [0.1, 0.15) is 41.4 Å². The fourth-order valence-corrected chi connectivity index (χ4v) is 5.11. The number of nitrogens with zero attached hydrogens (tertiary/aromatic N) is 1. The fourth-order valence-electron chi connectivity index (χ4n) is 4.43. The maximum Gasteiger partial charge on any atom is 0.338 e. The molecule has 0 aromatic heterocycles. The molecular weight excluding hydrogens is 561 g/mol. The Morgan fingerprint density at radius 2 is 1.62 bits per heavy atom. The number of Topliss-reactive ketones (excluding diaryl/α,β-unsaturated/α-hetero) is 1. The Morgan fingerprint density at radius 1 is 0.975 bits per heavy atom. The first-order chi connectivity index (χ1) is 19.0. The van der Waals surface area contributed by atoms with E-state index in [1.165, 1.54) is 56.7 Å². The number of halogens is 2. The van der Waals surface area contributed by atoms with Crippen molar-refractivity contribution in [2.75, 3.05) is 19.1 Å². The molecule has 1 aliphatic rings. The number of rotatable bonds is 7. The highest BCUT2D eigenvalue weighted by molar-refractivity contribution is 6.52. The summed E-state index contributed by atoms with van der Waals surface area (Å²) < 4.78 is 15.9. The van der Waals surface area contributed by atoms with Crippen LogP contribution in [0.15, 0.2) is 60.2 Å². The van der Waals surface area contributed by atoms with Gasteiger partial charge in [-0.05, 0) is 55.8 Å². The first-order valence-electron chi connectivity index (χ1n) is 12.0. The monoisotopic (exact) mass is 585 g/mol. The summed E-state index contributed by atoms with van der Waals surface area (Å²) in [6.45, 7) is 3.41. The molecule has 0 bridgehead atoms. The predicted molar refractivity (Wildman–Crippen MR) is 149 cm³/mol. The second-order valence-corrected chi connectivity index (χ2v) is 9.84. The van der Waals surface area contributed by atoms with E-state index in [0.717, 1.165) is 4.90 Å². The van der Waals surface area contributed by atoms with E-state index < -0.39 is 29.5 Å². The molecule has 2 N–H and O–H groups in total. The Labute approximate surface area is 240 Å². The molecule has 1 heterocycles. The first kappa shape index (κ1) is 28.8. The number of ether oxygens (including phenoxy) is 3.